The lowest BCUT2D eigenvalue weighted by molar-refractivity contribution is 0.0527. The van der Waals surface area contributed by atoms with Crippen molar-refractivity contribution in [1.29, 1.82) is 0 Å². The number of rotatable bonds is 3. The Morgan fingerprint density at radius 3 is 2.76 bits per heavy atom. The quantitative estimate of drug-likeness (QED) is 0.835. The Bertz CT molecular complexity index is 533. The molecular weight excluding hydrogens is 240 g/mol. The zero-order valence-electron chi connectivity index (χ0n) is 9.51. The van der Waals surface area contributed by atoms with Gasteiger partial charge in [0, 0.05) is 5.56 Å². The molecule has 17 heavy (non-hydrogen) atoms. The third-order valence-electron chi connectivity index (χ3n) is 2.23. The number of carbonyl (C=O) groups excluding carboxylic acids is 1. The molecule has 0 unspecified atom stereocenters. The van der Waals surface area contributed by atoms with Gasteiger partial charge in [-0.15, -0.1) is 4.80 Å². The second-order valence-corrected chi connectivity index (χ2v) is 4.34. The number of nitrogen functional groups attached to an aromatic ring is 1. The molecule has 0 aliphatic rings. The van der Waals surface area contributed by atoms with E-state index < -0.39 is 5.97 Å². The van der Waals surface area contributed by atoms with E-state index in [-0.39, 0.29) is 0 Å². The SMILES string of the molecule is CCOC(=O)c1c(N)sc(-n2nccn2)c1C. The van der Waals surface area contributed by atoms with Gasteiger partial charge in [-0.2, -0.15) is 10.2 Å². The van der Waals surface area contributed by atoms with Gasteiger partial charge in [-0.05, 0) is 13.8 Å². The summed E-state index contributed by atoms with van der Waals surface area (Å²) >= 11 is 1.27. The van der Waals surface area contributed by atoms with E-state index in [4.69, 9.17) is 10.5 Å². The van der Waals surface area contributed by atoms with Crippen LogP contribution < -0.4 is 5.73 Å². The van der Waals surface area contributed by atoms with Gasteiger partial charge >= 0.3 is 5.97 Å². The Labute approximate surface area is 102 Å². The topological polar surface area (TPSA) is 83.0 Å². The van der Waals surface area contributed by atoms with Gasteiger partial charge in [0.05, 0.1) is 24.6 Å². The van der Waals surface area contributed by atoms with Crippen LogP contribution in [0.15, 0.2) is 12.4 Å². The van der Waals surface area contributed by atoms with Gasteiger partial charge in [-0.1, -0.05) is 11.3 Å². The lowest BCUT2D eigenvalue weighted by atomic mass is 10.2. The molecule has 0 aromatic carbocycles. The highest BCUT2D eigenvalue weighted by Gasteiger charge is 2.22. The first kappa shape index (κ1) is 11.6. The molecule has 2 aromatic heterocycles. The van der Waals surface area contributed by atoms with Crippen molar-refractivity contribution < 1.29 is 9.53 Å². The van der Waals surface area contributed by atoms with Crippen molar-refractivity contribution in [3.63, 3.8) is 0 Å². The van der Waals surface area contributed by atoms with Crippen LogP contribution >= 0.6 is 11.3 Å². The second kappa shape index (κ2) is 4.54. The highest BCUT2D eigenvalue weighted by atomic mass is 32.1. The maximum atomic E-state index is 11.7. The molecule has 0 radical (unpaired) electrons. The summed E-state index contributed by atoms with van der Waals surface area (Å²) in [6.07, 6.45) is 3.14. The molecule has 90 valence electrons. The van der Waals surface area contributed by atoms with E-state index in [1.54, 1.807) is 26.2 Å². The fourth-order valence-electron chi connectivity index (χ4n) is 1.49. The van der Waals surface area contributed by atoms with Gasteiger partial charge < -0.3 is 10.5 Å². The number of esters is 1. The summed E-state index contributed by atoms with van der Waals surface area (Å²) in [7, 11) is 0. The Hall–Kier alpha value is -1.89. The predicted octanol–water partition coefficient (Wildman–Crippen LogP) is 1.40. The van der Waals surface area contributed by atoms with Crippen molar-refractivity contribution in [3.05, 3.63) is 23.5 Å². The van der Waals surface area contributed by atoms with Crippen LogP contribution in [0.2, 0.25) is 0 Å². The summed E-state index contributed by atoms with van der Waals surface area (Å²) in [6, 6.07) is 0. The van der Waals surface area contributed by atoms with Crippen molar-refractivity contribution >= 4 is 22.3 Å². The standard InChI is InChI=1S/C10H12N4O2S/c1-3-16-10(15)7-6(2)9(17-8(7)11)14-12-4-5-13-14/h4-5H,3,11H2,1-2H3. The van der Waals surface area contributed by atoms with E-state index in [1.165, 1.54) is 16.1 Å². The highest BCUT2D eigenvalue weighted by molar-refractivity contribution is 7.19. The molecule has 2 N–H and O–H groups in total. The van der Waals surface area contributed by atoms with E-state index in [0.717, 1.165) is 10.6 Å². The number of anilines is 1. The van der Waals surface area contributed by atoms with E-state index in [0.29, 0.717) is 17.2 Å². The number of ether oxygens (including phenoxy) is 1. The monoisotopic (exact) mass is 252 g/mol. The highest BCUT2D eigenvalue weighted by Crippen LogP contribution is 2.33. The van der Waals surface area contributed by atoms with Crippen LogP contribution in [0.4, 0.5) is 5.00 Å². The normalized spacial score (nSPS) is 10.5. The van der Waals surface area contributed by atoms with Gasteiger partial charge in [-0.3, -0.25) is 0 Å². The summed E-state index contributed by atoms with van der Waals surface area (Å²) in [5.74, 6) is -0.405. The van der Waals surface area contributed by atoms with Gasteiger partial charge in [-0.25, -0.2) is 4.79 Å². The Kier molecular flexibility index (Phi) is 3.10. The van der Waals surface area contributed by atoms with Crippen molar-refractivity contribution in [2.45, 2.75) is 13.8 Å². The van der Waals surface area contributed by atoms with E-state index in [2.05, 4.69) is 10.2 Å². The molecule has 2 rings (SSSR count). The number of aromatic nitrogens is 3. The minimum atomic E-state index is -0.405. The van der Waals surface area contributed by atoms with E-state index >= 15 is 0 Å². The maximum Gasteiger partial charge on any atom is 0.341 e. The molecule has 0 bridgehead atoms. The fourth-order valence-corrected chi connectivity index (χ4v) is 2.47. The van der Waals surface area contributed by atoms with Gasteiger partial charge in [0.15, 0.2) is 0 Å². The molecule has 0 fully saturated rings. The first-order valence-corrected chi connectivity index (χ1v) is 5.89. The minimum Gasteiger partial charge on any atom is -0.462 e. The maximum absolute atomic E-state index is 11.7. The summed E-state index contributed by atoms with van der Waals surface area (Å²) < 4.78 is 4.96. The average molecular weight is 252 g/mol. The van der Waals surface area contributed by atoms with Crippen molar-refractivity contribution in [1.82, 2.24) is 15.0 Å². The molecule has 0 aliphatic carbocycles. The van der Waals surface area contributed by atoms with Crippen molar-refractivity contribution in [3.8, 4) is 5.00 Å². The fraction of sp³-hybridized carbons (Fsp3) is 0.300. The zero-order chi connectivity index (χ0) is 12.4. The van der Waals surface area contributed by atoms with E-state index in [1.807, 2.05) is 0 Å². The molecule has 0 saturated heterocycles. The number of hydrogen-bond acceptors (Lipinski definition) is 6. The summed E-state index contributed by atoms with van der Waals surface area (Å²) in [6.45, 7) is 3.88. The molecule has 0 amide bonds. The summed E-state index contributed by atoms with van der Waals surface area (Å²) in [5, 5.41) is 9.19. The molecule has 0 atom stereocenters. The first-order chi connectivity index (χ1) is 8.15. The largest absolute Gasteiger partial charge is 0.462 e. The van der Waals surface area contributed by atoms with Gasteiger partial charge in [0.2, 0.25) is 0 Å². The van der Waals surface area contributed by atoms with Crippen molar-refractivity contribution in [2.75, 3.05) is 12.3 Å². The number of nitrogens with zero attached hydrogens (tertiary/aromatic N) is 3. The smallest absolute Gasteiger partial charge is 0.341 e. The third-order valence-corrected chi connectivity index (χ3v) is 3.32. The van der Waals surface area contributed by atoms with Gasteiger partial charge in [0.1, 0.15) is 10.0 Å². The van der Waals surface area contributed by atoms with Gasteiger partial charge in [0.25, 0.3) is 0 Å². The third kappa shape index (κ3) is 2.01. The lowest BCUT2D eigenvalue weighted by Crippen LogP contribution is -2.08. The molecule has 2 aromatic rings. The predicted molar refractivity (Wildman–Crippen MR) is 64.3 cm³/mol. The molecular formula is C10H12N4O2S. The van der Waals surface area contributed by atoms with Crippen LogP contribution in [0.1, 0.15) is 22.8 Å². The molecule has 7 heteroatoms. The van der Waals surface area contributed by atoms with Crippen LogP contribution in [0.25, 0.3) is 5.00 Å². The zero-order valence-corrected chi connectivity index (χ0v) is 10.3. The number of nitrogens with two attached hydrogens (primary N) is 1. The Morgan fingerprint density at radius 1 is 1.53 bits per heavy atom. The molecule has 0 saturated carbocycles. The number of thiophene rings is 1. The van der Waals surface area contributed by atoms with Crippen LogP contribution in [0.3, 0.4) is 0 Å². The minimum absolute atomic E-state index is 0.322. The number of hydrogen-bond donors (Lipinski definition) is 1. The van der Waals surface area contributed by atoms with E-state index in [9.17, 15) is 4.79 Å². The van der Waals surface area contributed by atoms with Crippen molar-refractivity contribution in [2.24, 2.45) is 0 Å². The Morgan fingerprint density at radius 2 is 2.18 bits per heavy atom. The molecule has 0 spiro atoms. The van der Waals surface area contributed by atoms with Crippen LogP contribution in [-0.4, -0.2) is 27.6 Å². The second-order valence-electron chi connectivity index (χ2n) is 3.31. The van der Waals surface area contributed by atoms with Crippen LogP contribution in [-0.2, 0) is 4.74 Å². The first-order valence-electron chi connectivity index (χ1n) is 5.07. The summed E-state index contributed by atoms with van der Waals surface area (Å²) in [4.78, 5) is 13.2. The Balaban J connectivity index is 2.46. The lowest BCUT2D eigenvalue weighted by Gasteiger charge is -2.02. The van der Waals surface area contributed by atoms with Crippen LogP contribution in [0, 0.1) is 6.92 Å². The van der Waals surface area contributed by atoms with Crippen LogP contribution in [0.5, 0.6) is 0 Å². The average Bonchev–Trinajstić information content (AvgIpc) is 2.87. The number of carbonyl (C=O) groups is 1. The molecule has 0 aliphatic heterocycles. The molecule has 6 nitrogen and oxygen atoms in total. The summed E-state index contributed by atoms with van der Waals surface area (Å²) in [5.41, 5.74) is 6.97. The molecule has 2 heterocycles.